The van der Waals surface area contributed by atoms with Gasteiger partial charge in [0.2, 0.25) is 5.91 Å². The summed E-state index contributed by atoms with van der Waals surface area (Å²) >= 11 is 0. The molecule has 1 aliphatic carbocycles. The molecule has 1 amide bonds. The Morgan fingerprint density at radius 3 is 2.58 bits per heavy atom. The molecule has 2 fully saturated rings. The summed E-state index contributed by atoms with van der Waals surface area (Å²) in [6, 6.07) is -0.509. The van der Waals surface area contributed by atoms with Gasteiger partial charge in [0.05, 0.1) is 5.69 Å². The molecule has 6 nitrogen and oxygen atoms in total. The molecule has 1 aliphatic heterocycles. The maximum Gasteiger partial charge on any atom is 0.326 e. The van der Waals surface area contributed by atoms with E-state index in [0.717, 1.165) is 42.6 Å². The molecule has 1 aromatic rings. The van der Waals surface area contributed by atoms with Crippen LogP contribution in [0.3, 0.4) is 0 Å². The van der Waals surface area contributed by atoms with Crippen molar-refractivity contribution < 1.29 is 14.7 Å². The Bertz CT molecular complexity index is 652. The second-order valence-electron chi connectivity index (χ2n) is 7.28. The van der Waals surface area contributed by atoms with Crippen LogP contribution >= 0.6 is 0 Å². The second kappa shape index (κ2) is 6.57. The van der Waals surface area contributed by atoms with Crippen molar-refractivity contribution in [2.24, 2.45) is 13.0 Å². The highest BCUT2D eigenvalue weighted by molar-refractivity contribution is 5.85. The van der Waals surface area contributed by atoms with Crippen molar-refractivity contribution >= 4 is 11.9 Å². The van der Waals surface area contributed by atoms with Crippen molar-refractivity contribution in [2.45, 2.75) is 70.9 Å². The minimum Gasteiger partial charge on any atom is -0.480 e. The number of carbonyl (C=O) groups is 2. The molecule has 3 rings (SSSR count). The van der Waals surface area contributed by atoms with E-state index in [1.54, 1.807) is 4.90 Å². The highest BCUT2D eigenvalue weighted by atomic mass is 16.4. The lowest BCUT2D eigenvalue weighted by molar-refractivity contribution is -0.149. The van der Waals surface area contributed by atoms with Crippen LogP contribution in [-0.4, -0.2) is 43.7 Å². The zero-order valence-electron chi connectivity index (χ0n) is 14.8. The SMILES string of the molecule is Cc1nn(C)c(C)c1CCC(=O)N1C(C(=O)O)CC2CCCCC21. The van der Waals surface area contributed by atoms with E-state index in [9.17, 15) is 14.7 Å². The van der Waals surface area contributed by atoms with E-state index in [2.05, 4.69) is 5.10 Å². The Kier molecular flexibility index (Phi) is 4.65. The molecule has 0 aromatic carbocycles. The summed E-state index contributed by atoms with van der Waals surface area (Å²) in [5.41, 5.74) is 3.14. The van der Waals surface area contributed by atoms with Crippen LogP contribution < -0.4 is 0 Å². The lowest BCUT2D eigenvalue weighted by atomic mass is 9.84. The zero-order valence-corrected chi connectivity index (χ0v) is 14.8. The summed E-state index contributed by atoms with van der Waals surface area (Å²) in [7, 11) is 1.90. The average molecular weight is 333 g/mol. The van der Waals surface area contributed by atoms with Crippen molar-refractivity contribution in [3.05, 3.63) is 17.0 Å². The number of amides is 1. The molecular formula is C18H27N3O3. The molecule has 132 valence electrons. The topological polar surface area (TPSA) is 75.4 Å². The third-order valence-corrected chi connectivity index (χ3v) is 5.91. The molecule has 1 N–H and O–H groups in total. The second-order valence-corrected chi connectivity index (χ2v) is 7.28. The molecule has 0 radical (unpaired) electrons. The molecule has 6 heteroatoms. The van der Waals surface area contributed by atoms with Gasteiger partial charge in [0.15, 0.2) is 0 Å². The van der Waals surface area contributed by atoms with Crippen molar-refractivity contribution in [1.29, 1.82) is 0 Å². The molecule has 1 aromatic heterocycles. The summed E-state index contributed by atoms with van der Waals surface area (Å²) in [6.45, 7) is 3.97. The molecule has 3 atom stereocenters. The summed E-state index contributed by atoms with van der Waals surface area (Å²) in [4.78, 5) is 26.2. The molecule has 0 bridgehead atoms. The van der Waals surface area contributed by atoms with Gasteiger partial charge in [0.1, 0.15) is 6.04 Å². The van der Waals surface area contributed by atoms with E-state index < -0.39 is 12.0 Å². The molecule has 2 heterocycles. The molecule has 2 aliphatic rings. The normalized spacial score (nSPS) is 26.5. The molecular weight excluding hydrogens is 306 g/mol. The predicted molar refractivity (Wildman–Crippen MR) is 89.6 cm³/mol. The first-order valence-corrected chi connectivity index (χ1v) is 8.93. The minimum atomic E-state index is -0.855. The van der Waals surface area contributed by atoms with Crippen LogP contribution in [0.2, 0.25) is 0 Å². The van der Waals surface area contributed by atoms with Gasteiger partial charge in [0.25, 0.3) is 0 Å². The number of nitrogens with zero attached hydrogens (tertiary/aromatic N) is 3. The number of fused-ring (bicyclic) bond motifs is 1. The van der Waals surface area contributed by atoms with Gasteiger partial charge in [-0.3, -0.25) is 9.48 Å². The Morgan fingerprint density at radius 2 is 1.96 bits per heavy atom. The first-order chi connectivity index (χ1) is 11.4. The molecule has 3 unspecified atom stereocenters. The van der Waals surface area contributed by atoms with Crippen molar-refractivity contribution in [3.63, 3.8) is 0 Å². The summed E-state index contributed by atoms with van der Waals surface area (Å²) in [6.07, 6.45) is 5.87. The fourth-order valence-corrected chi connectivity index (χ4v) is 4.58. The quantitative estimate of drug-likeness (QED) is 0.917. The summed E-state index contributed by atoms with van der Waals surface area (Å²) in [5, 5.41) is 13.9. The van der Waals surface area contributed by atoms with E-state index >= 15 is 0 Å². The van der Waals surface area contributed by atoms with Gasteiger partial charge >= 0.3 is 5.97 Å². The lowest BCUT2D eigenvalue weighted by Crippen LogP contribution is -2.46. The van der Waals surface area contributed by atoms with Crippen molar-refractivity contribution in [2.75, 3.05) is 0 Å². The number of carbonyl (C=O) groups excluding carboxylic acids is 1. The van der Waals surface area contributed by atoms with Crippen molar-refractivity contribution in [1.82, 2.24) is 14.7 Å². The van der Waals surface area contributed by atoms with Crippen LogP contribution in [0.5, 0.6) is 0 Å². The first-order valence-electron chi connectivity index (χ1n) is 8.93. The first kappa shape index (κ1) is 17.0. The van der Waals surface area contributed by atoms with Crippen LogP contribution in [0.25, 0.3) is 0 Å². The van der Waals surface area contributed by atoms with E-state index in [-0.39, 0.29) is 11.9 Å². The average Bonchev–Trinajstić information content (AvgIpc) is 3.04. The number of likely N-dealkylation sites (tertiary alicyclic amines) is 1. The lowest BCUT2D eigenvalue weighted by Gasteiger charge is -2.33. The molecule has 1 saturated carbocycles. The Balaban J connectivity index is 1.73. The third-order valence-electron chi connectivity index (χ3n) is 5.91. The van der Waals surface area contributed by atoms with Gasteiger partial charge in [-0.1, -0.05) is 12.8 Å². The predicted octanol–water partition coefficient (Wildman–Crippen LogP) is 2.21. The van der Waals surface area contributed by atoms with Gasteiger partial charge in [-0.2, -0.15) is 5.10 Å². The number of rotatable bonds is 4. The third kappa shape index (κ3) is 2.94. The highest BCUT2D eigenvalue weighted by Crippen LogP contribution is 2.40. The van der Waals surface area contributed by atoms with E-state index in [1.807, 2.05) is 25.6 Å². The largest absolute Gasteiger partial charge is 0.480 e. The minimum absolute atomic E-state index is 0.0144. The van der Waals surface area contributed by atoms with Gasteiger partial charge in [-0.05, 0) is 51.0 Å². The van der Waals surface area contributed by atoms with Crippen LogP contribution in [0, 0.1) is 19.8 Å². The number of hydrogen-bond donors (Lipinski definition) is 1. The number of carboxylic acid groups (broad SMARTS) is 1. The van der Waals surface area contributed by atoms with Crippen LogP contribution in [0.15, 0.2) is 0 Å². The monoisotopic (exact) mass is 333 g/mol. The molecule has 0 spiro atoms. The highest BCUT2D eigenvalue weighted by Gasteiger charge is 2.47. The number of aryl methyl sites for hydroxylation is 2. The maximum atomic E-state index is 12.9. The number of aliphatic carboxylic acids is 1. The van der Waals surface area contributed by atoms with E-state index in [0.29, 0.717) is 25.2 Å². The zero-order chi connectivity index (χ0) is 17.4. The van der Waals surface area contributed by atoms with Gasteiger partial charge in [-0.15, -0.1) is 0 Å². The maximum absolute atomic E-state index is 12.9. The van der Waals surface area contributed by atoms with Gasteiger partial charge < -0.3 is 10.0 Å². The fourth-order valence-electron chi connectivity index (χ4n) is 4.58. The number of hydrogen-bond acceptors (Lipinski definition) is 3. The van der Waals surface area contributed by atoms with Gasteiger partial charge in [-0.25, -0.2) is 4.79 Å². The number of carboxylic acids is 1. The van der Waals surface area contributed by atoms with Crippen LogP contribution in [-0.2, 0) is 23.1 Å². The van der Waals surface area contributed by atoms with Crippen molar-refractivity contribution in [3.8, 4) is 0 Å². The Morgan fingerprint density at radius 1 is 1.25 bits per heavy atom. The van der Waals surface area contributed by atoms with Crippen LogP contribution in [0.1, 0.15) is 55.5 Å². The molecule has 24 heavy (non-hydrogen) atoms. The summed E-state index contributed by atoms with van der Waals surface area (Å²) in [5.74, 6) is -0.503. The Hall–Kier alpha value is -1.85. The fraction of sp³-hybridized carbons (Fsp3) is 0.722. The summed E-state index contributed by atoms with van der Waals surface area (Å²) < 4.78 is 1.84. The number of aromatic nitrogens is 2. The van der Waals surface area contributed by atoms with Crippen LogP contribution in [0.4, 0.5) is 0 Å². The molecule has 1 saturated heterocycles. The Labute approximate surface area is 142 Å². The van der Waals surface area contributed by atoms with Gasteiger partial charge in [0, 0.05) is 25.2 Å². The van der Waals surface area contributed by atoms with E-state index in [4.69, 9.17) is 0 Å². The smallest absolute Gasteiger partial charge is 0.326 e. The standard InChI is InChI=1S/C18H27N3O3/c1-11-14(12(2)20(3)19-11)8-9-17(22)21-15-7-5-4-6-13(15)10-16(21)18(23)24/h13,15-16H,4-10H2,1-3H3,(H,23,24). The van der Waals surface area contributed by atoms with E-state index in [1.165, 1.54) is 0 Å².